The van der Waals surface area contributed by atoms with E-state index in [2.05, 4.69) is 34.6 Å². The van der Waals surface area contributed by atoms with Crippen LogP contribution in [0.25, 0.3) is 0 Å². The molecule has 0 saturated carbocycles. The van der Waals surface area contributed by atoms with Crippen LogP contribution in [-0.4, -0.2) is 96.7 Å². The zero-order valence-corrected chi connectivity index (χ0v) is 60.8. The molecule has 0 aliphatic carbocycles. The second kappa shape index (κ2) is 65.4. The van der Waals surface area contributed by atoms with Gasteiger partial charge in [-0.2, -0.15) is 0 Å². The quantitative estimate of drug-likeness (QED) is 0.0222. The minimum atomic E-state index is -4.95. The molecule has 17 nitrogen and oxygen atoms in total. The van der Waals surface area contributed by atoms with E-state index < -0.39 is 97.5 Å². The summed E-state index contributed by atoms with van der Waals surface area (Å²) in [5.74, 6) is -1.35. The monoisotopic (exact) mass is 1340 g/mol. The van der Waals surface area contributed by atoms with Crippen LogP contribution in [0.3, 0.4) is 0 Å². The fraction of sp³-hybridized carbons (Fsp3) is 0.944. The van der Waals surface area contributed by atoms with Crippen LogP contribution in [0.15, 0.2) is 0 Å². The number of esters is 4. The van der Waals surface area contributed by atoms with Crippen molar-refractivity contribution in [2.45, 2.75) is 393 Å². The summed E-state index contributed by atoms with van der Waals surface area (Å²) in [5.41, 5.74) is 0. The van der Waals surface area contributed by atoms with Crippen LogP contribution >= 0.6 is 15.6 Å². The fourth-order valence-corrected chi connectivity index (χ4v) is 12.6. The third-order valence-electron chi connectivity index (χ3n) is 16.8. The molecule has 0 aromatic carbocycles. The standard InChI is InChI=1S/C72H140O17P2/c1-6-9-12-15-18-21-22-23-24-25-26-27-28-29-30-33-38-43-48-53-58-72(77)89-68(62-83-70(75)56-51-46-41-37-34-31-32-36-39-44-49-54-65(4)5)64-87-91(80,81)85-60-66(73)59-84-90(78,79)86-63-67(61-82-69(74)55-50-45-40-20-17-14-11-8-3)88-71(76)57-52-47-42-35-19-16-13-10-7-2/h65-68,73H,6-64H2,1-5H3,(H,78,79)(H,80,81)/t66-,67+,68+/m0/s1. The van der Waals surface area contributed by atoms with E-state index in [4.69, 9.17) is 37.0 Å². The molecule has 0 aromatic heterocycles. The molecule has 3 N–H and O–H groups in total. The predicted octanol–water partition coefficient (Wildman–Crippen LogP) is 20.9. The van der Waals surface area contributed by atoms with E-state index in [1.807, 2.05) is 0 Å². The van der Waals surface area contributed by atoms with Gasteiger partial charge in [0.15, 0.2) is 12.2 Å². The highest BCUT2D eigenvalue weighted by Gasteiger charge is 2.30. The van der Waals surface area contributed by atoms with Gasteiger partial charge in [-0.15, -0.1) is 0 Å². The van der Waals surface area contributed by atoms with Crippen molar-refractivity contribution in [1.29, 1.82) is 0 Å². The molecule has 0 aliphatic heterocycles. The maximum Gasteiger partial charge on any atom is 0.472 e. The molecule has 0 spiro atoms. The summed E-state index contributed by atoms with van der Waals surface area (Å²) in [6.45, 7) is 7.22. The van der Waals surface area contributed by atoms with E-state index in [0.717, 1.165) is 102 Å². The van der Waals surface area contributed by atoms with Crippen LogP contribution in [0.1, 0.15) is 375 Å². The average Bonchev–Trinajstić information content (AvgIpc) is 3.26. The topological polar surface area (TPSA) is 237 Å². The molecule has 0 aromatic rings. The molecule has 0 saturated heterocycles. The lowest BCUT2D eigenvalue weighted by atomic mass is 10.0. The normalized spacial score (nSPS) is 14.0. The van der Waals surface area contributed by atoms with Gasteiger partial charge < -0.3 is 33.8 Å². The van der Waals surface area contributed by atoms with Crippen LogP contribution < -0.4 is 0 Å². The maximum absolute atomic E-state index is 13.0. The number of aliphatic hydroxyl groups is 1. The Balaban J connectivity index is 5.16. The number of ether oxygens (including phenoxy) is 4. The Labute approximate surface area is 556 Å². The van der Waals surface area contributed by atoms with Crippen LogP contribution in [0.2, 0.25) is 0 Å². The Morgan fingerprint density at radius 1 is 0.297 bits per heavy atom. The highest BCUT2D eigenvalue weighted by Crippen LogP contribution is 2.45. The lowest BCUT2D eigenvalue weighted by molar-refractivity contribution is -0.161. The van der Waals surface area contributed by atoms with Gasteiger partial charge in [0.1, 0.15) is 19.3 Å². The molecule has 5 atom stereocenters. The van der Waals surface area contributed by atoms with E-state index in [-0.39, 0.29) is 25.7 Å². The molecular formula is C72H140O17P2. The Morgan fingerprint density at radius 3 is 0.747 bits per heavy atom. The molecule has 0 heterocycles. The van der Waals surface area contributed by atoms with Gasteiger partial charge in [0, 0.05) is 25.7 Å². The summed E-state index contributed by atoms with van der Waals surface area (Å²) in [4.78, 5) is 72.4. The highest BCUT2D eigenvalue weighted by molar-refractivity contribution is 7.47. The second-order valence-electron chi connectivity index (χ2n) is 26.5. The number of carbonyl (C=O) groups is 4. The number of hydrogen-bond acceptors (Lipinski definition) is 15. The van der Waals surface area contributed by atoms with E-state index in [9.17, 15) is 43.2 Å². The fourth-order valence-electron chi connectivity index (χ4n) is 11.0. The highest BCUT2D eigenvalue weighted by atomic mass is 31.2. The summed E-state index contributed by atoms with van der Waals surface area (Å²) < 4.78 is 68.2. The second-order valence-corrected chi connectivity index (χ2v) is 29.4. The van der Waals surface area contributed by atoms with Gasteiger partial charge in [-0.05, 0) is 31.6 Å². The number of carbonyl (C=O) groups excluding carboxylic acids is 4. The van der Waals surface area contributed by atoms with Crippen LogP contribution in [0.5, 0.6) is 0 Å². The van der Waals surface area contributed by atoms with Gasteiger partial charge in [0.25, 0.3) is 0 Å². The van der Waals surface area contributed by atoms with E-state index >= 15 is 0 Å². The van der Waals surface area contributed by atoms with Crippen molar-refractivity contribution in [3.05, 3.63) is 0 Å². The molecule has 19 heteroatoms. The van der Waals surface area contributed by atoms with E-state index in [1.165, 1.54) is 193 Å². The average molecular weight is 1340 g/mol. The number of unbranched alkanes of at least 4 members (excludes halogenated alkanes) is 44. The molecule has 0 fully saturated rings. The smallest absolute Gasteiger partial charge is 0.462 e. The van der Waals surface area contributed by atoms with Crippen molar-refractivity contribution in [3.8, 4) is 0 Å². The predicted molar refractivity (Wildman–Crippen MR) is 368 cm³/mol. The number of aliphatic hydroxyl groups excluding tert-OH is 1. The van der Waals surface area contributed by atoms with Crippen LogP contribution in [0.4, 0.5) is 0 Å². The molecule has 0 aliphatic rings. The molecule has 0 bridgehead atoms. The van der Waals surface area contributed by atoms with Crippen LogP contribution in [-0.2, 0) is 65.4 Å². The van der Waals surface area contributed by atoms with E-state index in [1.54, 1.807) is 0 Å². The molecule has 0 radical (unpaired) electrons. The first-order valence-corrected chi connectivity index (χ1v) is 40.6. The summed E-state index contributed by atoms with van der Waals surface area (Å²) >= 11 is 0. The number of phosphoric acid groups is 2. The van der Waals surface area contributed by atoms with Gasteiger partial charge >= 0.3 is 39.5 Å². The Morgan fingerprint density at radius 2 is 0.505 bits per heavy atom. The lowest BCUT2D eigenvalue weighted by Crippen LogP contribution is -2.30. The molecule has 0 amide bonds. The number of rotatable bonds is 72. The SMILES string of the molecule is CCCCCCCCCCCCCCCCCCCCCCC(=O)O[C@H](COC(=O)CCCCCCCCCCCCCC(C)C)COP(=O)(O)OC[C@@H](O)COP(=O)(O)OC[C@@H](COC(=O)CCCCCCCCCC)OC(=O)CCCCCCCCCCC. The Bertz CT molecular complexity index is 1750. The van der Waals surface area contributed by atoms with Crippen molar-refractivity contribution in [1.82, 2.24) is 0 Å². The summed E-state index contributed by atoms with van der Waals surface area (Å²) in [7, 11) is -9.89. The van der Waals surface area contributed by atoms with Crippen molar-refractivity contribution < 1.29 is 80.2 Å². The van der Waals surface area contributed by atoms with Crippen molar-refractivity contribution in [2.75, 3.05) is 39.6 Å². The summed E-state index contributed by atoms with van der Waals surface area (Å²) in [6.07, 6.45) is 52.9. The zero-order valence-electron chi connectivity index (χ0n) is 59.0. The minimum Gasteiger partial charge on any atom is -0.462 e. The minimum absolute atomic E-state index is 0.106. The third kappa shape index (κ3) is 66.5. The van der Waals surface area contributed by atoms with Gasteiger partial charge in [0.2, 0.25) is 0 Å². The first-order valence-electron chi connectivity index (χ1n) is 37.6. The maximum atomic E-state index is 13.0. The van der Waals surface area contributed by atoms with Crippen LogP contribution in [0, 0.1) is 5.92 Å². The zero-order chi connectivity index (χ0) is 67.0. The van der Waals surface area contributed by atoms with Gasteiger partial charge in [-0.25, -0.2) is 9.13 Å². The molecule has 91 heavy (non-hydrogen) atoms. The van der Waals surface area contributed by atoms with Gasteiger partial charge in [0.05, 0.1) is 26.4 Å². The van der Waals surface area contributed by atoms with Crippen molar-refractivity contribution in [2.24, 2.45) is 5.92 Å². The van der Waals surface area contributed by atoms with Crippen molar-refractivity contribution in [3.63, 3.8) is 0 Å². The summed E-state index contributed by atoms with van der Waals surface area (Å²) in [6, 6.07) is 0. The van der Waals surface area contributed by atoms with Crippen molar-refractivity contribution >= 4 is 39.5 Å². The molecule has 2 unspecified atom stereocenters. The lowest BCUT2D eigenvalue weighted by Gasteiger charge is -2.21. The van der Waals surface area contributed by atoms with E-state index in [0.29, 0.717) is 25.7 Å². The Hall–Kier alpha value is -1.94. The molecule has 0 rings (SSSR count). The first kappa shape index (κ1) is 89.1. The first-order chi connectivity index (χ1) is 44.0. The number of phosphoric ester groups is 2. The third-order valence-corrected chi connectivity index (χ3v) is 18.7. The van der Waals surface area contributed by atoms with Gasteiger partial charge in [-0.3, -0.25) is 37.3 Å². The number of hydrogen-bond donors (Lipinski definition) is 3. The molecular weight excluding hydrogens is 1200 g/mol. The Kier molecular flexibility index (Phi) is 64.0. The molecule has 540 valence electrons. The van der Waals surface area contributed by atoms with Gasteiger partial charge in [-0.1, -0.05) is 324 Å². The summed E-state index contributed by atoms with van der Waals surface area (Å²) in [5, 5.41) is 10.6. The largest absolute Gasteiger partial charge is 0.472 e.